The minimum Gasteiger partial charge on any atom is -0.479 e. The first kappa shape index (κ1) is 15.8. The summed E-state index contributed by atoms with van der Waals surface area (Å²) in [5, 5.41) is 15.8. The molecule has 1 unspecified atom stereocenters. The molecule has 0 bridgehead atoms. The van der Waals surface area contributed by atoms with E-state index in [0.717, 1.165) is 0 Å². The molecular weight excluding hydrogens is 270 g/mol. The van der Waals surface area contributed by atoms with E-state index in [4.69, 9.17) is 9.84 Å². The van der Waals surface area contributed by atoms with Gasteiger partial charge in [-0.05, 0) is 27.2 Å². The average molecular weight is 289 g/mol. The van der Waals surface area contributed by atoms with Gasteiger partial charge >= 0.3 is 11.7 Å². The number of carbonyl (C=O) groups is 1. The van der Waals surface area contributed by atoms with Gasteiger partial charge in [-0.25, -0.2) is 14.7 Å². The third-order valence-corrected chi connectivity index (χ3v) is 3.43. The second-order valence-electron chi connectivity index (χ2n) is 4.19. The van der Waals surface area contributed by atoms with Crippen molar-refractivity contribution in [3.05, 3.63) is 10.5 Å². The van der Waals surface area contributed by atoms with Gasteiger partial charge in [-0.3, -0.25) is 4.57 Å². The first-order valence-corrected chi connectivity index (χ1v) is 7.10. The van der Waals surface area contributed by atoms with E-state index < -0.39 is 12.1 Å². The second kappa shape index (κ2) is 7.34. The van der Waals surface area contributed by atoms with Crippen molar-refractivity contribution in [1.29, 1.82) is 0 Å². The fraction of sp³-hybridized carbons (Fsp3) is 0.727. The number of rotatable bonds is 8. The van der Waals surface area contributed by atoms with Crippen molar-refractivity contribution in [2.45, 2.75) is 44.5 Å². The van der Waals surface area contributed by atoms with Crippen LogP contribution < -0.4 is 5.69 Å². The zero-order valence-electron chi connectivity index (χ0n) is 11.3. The summed E-state index contributed by atoms with van der Waals surface area (Å²) in [5.74, 6) is -0.445. The van der Waals surface area contributed by atoms with Gasteiger partial charge < -0.3 is 9.84 Å². The number of carboxylic acids is 1. The molecule has 0 aliphatic carbocycles. The van der Waals surface area contributed by atoms with Crippen molar-refractivity contribution in [3.8, 4) is 0 Å². The number of ether oxygens (including phenoxy) is 1. The zero-order chi connectivity index (χ0) is 14.4. The Hall–Kier alpha value is -1.28. The number of hydrogen-bond donors (Lipinski definition) is 2. The van der Waals surface area contributed by atoms with E-state index in [1.54, 1.807) is 11.5 Å². The normalized spacial score (nSPS) is 12.8. The molecule has 0 saturated carbocycles. The lowest BCUT2D eigenvalue weighted by atomic mass is 10.3. The van der Waals surface area contributed by atoms with Gasteiger partial charge in [-0.2, -0.15) is 0 Å². The highest BCUT2D eigenvalue weighted by atomic mass is 32.2. The lowest BCUT2D eigenvalue weighted by Crippen LogP contribution is -2.24. The number of aromatic nitrogens is 3. The molecule has 0 aliphatic rings. The van der Waals surface area contributed by atoms with Crippen LogP contribution in [-0.4, -0.2) is 44.3 Å². The number of nitrogens with one attached hydrogen (secondary N) is 1. The van der Waals surface area contributed by atoms with Crippen LogP contribution in [0.2, 0.25) is 0 Å². The van der Waals surface area contributed by atoms with Crippen LogP contribution in [-0.2, 0) is 9.53 Å². The van der Waals surface area contributed by atoms with Crippen LogP contribution in [0.4, 0.5) is 0 Å². The number of carboxylic acid groups (broad SMARTS) is 1. The van der Waals surface area contributed by atoms with Gasteiger partial charge in [0.2, 0.25) is 0 Å². The molecule has 0 fully saturated rings. The maximum absolute atomic E-state index is 11.5. The largest absolute Gasteiger partial charge is 0.479 e. The molecule has 1 rings (SSSR count). The number of thioether (sulfide) groups is 1. The Balaban J connectivity index is 2.58. The summed E-state index contributed by atoms with van der Waals surface area (Å²) in [6.45, 7) is 5.90. The van der Waals surface area contributed by atoms with Gasteiger partial charge in [-0.1, -0.05) is 11.8 Å². The number of aliphatic carboxylic acids is 1. The lowest BCUT2D eigenvalue weighted by molar-refractivity contribution is -0.150. The van der Waals surface area contributed by atoms with Crippen molar-refractivity contribution >= 4 is 17.7 Å². The molecule has 0 spiro atoms. The third kappa shape index (κ3) is 4.39. The van der Waals surface area contributed by atoms with Crippen LogP contribution in [0.3, 0.4) is 0 Å². The molecule has 8 heteroatoms. The molecule has 1 aromatic heterocycles. The molecule has 7 nitrogen and oxygen atoms in total. The predicted molar refractivity (Wildman–Crippen MR) is 71.6 cm³/mol. The summed E-state index contributed by atoms with van der Waals surface area (Å²) < 4.78 is 6.66. The van der Waals surface area contributed by atoms with Crippen molar-refractivity contribution in [3.63, 3.8) is 0 Å². The highest BCUT2D eigenvalue weighted by Crippen LogP contribution is 2.18. The fourth-order valence-corrected chi connectivity index (χ4v) is 2.64. The number of H-pyrrole nitrogens is 1. The summed E-state index contributed by atoms with van der Waals surface area (Å²) in [6.07, 6.45) is -0.442. The first-order valence-electron chi connectivity index (χ1n) is 6.11. The molecule has 1 aromatic rings. The first-order chi connectivity index (χ1) is 8.97. The van der Waals surface area contributed by atoms with Gasteiger partial charge in [0.05, 0.1) is 0 Å². The Bertz CT molecular complexity index is 469. The van der Waals surface area contributed by atoms with Crippen LogP contribution in [0.15, 0.2) is 9.95 Å². The number of aromatic amines is 1. The van der Waals surface area contributed by atoms with Crippen molar-refractivity contribution in [2.24, 2.45) is 0 Å². The van der Waals surface area contributed by atoms with Gasteiger partial charge in [0.1, 0.15) is 0 Å². The fourth-order valence-electron chi connectivity index (χ4n) is 1.58. The van der Waals surface area contributed by atoms with Crippen molar-refractivity contribution < 1.29 is 14.6 Å². The monoisotopic (exact) mass is 289 g/mol. The quantitative estimate of drug-likeness (QED) is 0.696. The van der Waals surface area contributed by atoms with E-state index >= 15 is 0 Å². The average Bonchev–Trinajstić information content (AvgIpc) is 2.69. The van der Waals surface area contributed by atoms with E-state index in [0.29, 0.717) is 23.9 Å². The van der Waals surface area contributed by atoms with Crippen LogP contribution in [0.25, 0.3) is 0 Å². The van der Waals surface area contributed by atoms with Crippen LogP contribution in [0.1, 0.15) is 33.2 Å². The number of hydrogen-bond acceptors (Lipinski definition) is 5. The van der Waals surface area contributed by atoms with E-state index in [9.17, 15) is 9.59 Å². The second-order valence-corrected chi connectivity index (χ2v) is 5.26. The highest BCUT2D eigenvalue weighted by Gasteiger charge is 2.18. The summed E-state index contributed by atoms with van der Waals surface area (Å²) >= 11 is 1.35. The van der Waals surface area contributed by atoms with Gasteiger partial charge in [-0.15, -0.1) is 5.10 Å². The van der Waals surface area contributed by atoms with E-state index in [1.807, 2.05) is 13.8 Å². The smallest absolute Gasteiger partial charge is 0.344 e. The molecule has 19 heavy (non-hydrogen) atoms. The summed E-state index contributed by atoms with van der Waals surface area (Å²) in [4.78, 5) is 22.4. The molecule has 1 heterocycles. The van der Waals surface area contributed by atoms with Gasteiger partial charge in [0, 0.05) is 18.4 Å². The lowest BCUT2D eigenvalue weighted by Gasteiger charge is -2.12. The maximum atomic E-state index is 11.5. The SMILES string of the molecule is CCOC(CCSc1n[nH]c(=O)n1C(C)C)C(=O)O. The van der Waals surface area contributed by atoms with Crippen LogP contribution >= 0.6 is 11.8 Å². The van der Waals surface area contributed by atoms with E-state index in [-0.39, 0.29) is 11.7 Å². The predicted octanol–water partition coefficient (Wildman–Crippen LogP) is 1.12. The van der Waals surface area contributed by atoms with Crippen molar-refractivity contribution in [2.75, 3.05) is 12.4 Å². The summed E-state index contributed by atoms with van der Waals surface area (Å²) in [6, 6.07) is 0.0101. The summed E-state index contributed by atoms with van der Waals surface area (Å²) in [7, 11) is 0. The third-order valence-electron chi connectivity index (χ3n) is 2.44. The Morgan fingerprint density at radius 2 is 2.26 bits per heavy atom. The molecule has 1 atom stereocenters. The van der Waals surface area contributed by atoms with Gasteiger partial charge in [0.15, 0.2) is 11.3 Å². The molecule has 0 radical (unpaired) electrons. The molecule has 0 saturated heterocycles. The highest BCUT2D eigenvalue weighted by molar-refractivity contribution is 7.99. The van der Waals surface area contributed by atoms with Crippen LogP contribution in [0, 0.1) is 0 Å². The van der Waals surface area contributed by atoms with Crippen LogP contribution in [0.5, 0.6) is 0 Å². The Kier molecular flexibility index (Phi) is 6.10. The summed E-state index contributed by atoms with van der Waals surface area (Å²) in [5.41, 5.74) is -0.253. The zero-order valence-corrected chi connectivity index (χ0v) is 12.1. The molecule has 0 aliphatic heterocycles. The molecule has 2 N–H and O–H groups in total. The molecular formula is C11H19N3O4S. The maximum Gasteiger partial charge on any atom is 0.344 e. The molecule has 0 amide bonds. The number of nitrogens with zero attached hydrogens (tertiary/aromatic N) is 2. The van der Waals surface area contributed by atoms with Crippen molar-refractivity contribution in [1.82, 2.24) is 14.8 Å². The Morgan fingerprint density at radius 3 is 2.79 bits per heavy atom. The van der Waals surface area contributed by atoms with Gasteiger partial charge in [0.25, 0.3) is 0 Å². The topological polar surface area (TPSA) is 97.2 Å². The minimum atomic E-state index is -0.967. The molecule has 108 valence electrons. The molecule has 0 aromatic carbocycles. The van der Waals surface area contributed by atoms with E-state index in [2.05, 4.69) is 10.2 Å². The van der Waals surface area contributed by atoms with E-state index in [1.165, 1.54) is 11.8 Å². The Morgan fingerprint density at radius 1 is 1.58 bits per heavy atom. The standard InChI is InChI=1S/C11H19N3O4S/c1-4-18-8(9(15)16)5-6-19-11-13-12-10(17)14(11)7(2)3/h7-8H,4-6H2,1-3H3,(H,12,17)(H,15,16). The minimum absolute atomic E-state index is 0.0101. The Labute approximate surface area is 115 Å².